The van der Waals surface area contributed by atoms with Gasteiger partial charge in [-0.15, -0.1) is 0 Å². The Morgan fingerprint density at radius 2 is 2.24 bits per heavy atom. The molecule has 0 aromatic carbocycles. The van der Waals surface area contributed by atoms with Crippen molar-refractivity contribution in [1.29, 1.82) is 0 Å². The Bertz CT molecular complexity index is 568. The fourth-order valence-corrected chi connectivity index (χ4v) is 1.73. The van der Waals surface area contributed by atoms with E-state index in [0.29, 0.717) is 18.8 Å². The summed E-state index contributed by atoms with van der Waals surface area (Å²) in [5, 5.41) is 11.4. The molecule has 8 nitrogen and oxygen atoms in total. The van der Waals surface area contributed by atoms with Gasteiger partial charge in [0.2, 0.25) is 0 Å². The van der Waals surface area contributed by atoms with Gasteiger partial charge in [-0.3, -0.25) is 9.59 Å². The average molecular weight is 296 g/mol. The number of methoxy groups -OCH3 is 1. The molecule has 1 heterocycles. The Morgan fingerprint density at radius 1 is 1.52 bits per heavy atom. The molecule has 1 aromatic rings. The van der Waals surface area contributed by atoms with E-state index in [0.717, 1.165) is 0 Å². The maximum atomic E-state index is 12.4. The van der Waals surface area contributed by atoms with Crippen molar-refractivity contribution in [3.63, 3.8) is 0 Å². The number of oxime groups is 1. The summed E-state index contributed by atoms with van der Waals surface area (Å²) >= 11 is 0. The van der Waals surface area contributed by atoms with Crippen molar-refractivity contribution >= 4 is 11.7 Å². The summed E-state index contributed by atoms with van der Waals surface area (Å²) in [5.74, 6) is -0.401. The molecular weight excluding hydrogens is 276 g/mol. The molecule has 0 atom stereocenters. The van der Waals surface area contributed by atoms with Crippen LogP contribution in [0.3, 0.4) is 0 Å². The fraction of sp³-hybridized carbons (Fsp3) is 0.462. The van der Waals surface area contributed by atoms with Gasteiger partial charge in [-0.05, 0) is 6.92 Å². The second-order valence-corrected chi connectivity index (χ2v) is 4.52. The van der Waals surface area contributed by atoms with Crippen molar-refractivity contribution in [1.82, 2.24) is 9.88 Å². The number of aromatic amines is 1. The molecule has 21 heavy (non-hydrogen) atoms. The number of nitrogens with two attached hydrogens (primary N) is 1. The molecule has 8 heteroatoms. The highest BCUT2D eigenvalue weighted by Gasteiger charge is 2.18. The number of aromatic nitrogens is 1. The summed E-state index contributed by atoms with van der Waals surface area (Å²) in [6, 6.07) is 1.37. The first kappa shape index (κ1) is 16.7. The van der Waals surface area contributed by atoms with Crippen molar-refractivity contribution in [2.24, 2.45) is 10.9 Å². The van der Waals surface area contributed by atoms with Crippen molar-refractivity contribution in [2.75, 3.05) is 26.8 Å². The number of amidine groups is 1. The number of H-pyrrole nitrogens is 1. The number of nitrogens with zero attached hydrogens (tertiary/aromatic N) is 2. The van der Waals surface area contributed by atoms with Crippen LogP contribution in [0, 0.1) is 6.92 Å². The van der Waals surface area contributed by atoms with Gasteiger partial charge in [-0.25, -0.2) is 0 Å². The number of rotatable bonds is 7. The Kier molecular flexibility index (Phi) is 6.41. The van der Waals surface area contributed by atoms with Crippen LogP contribution < -0.4 is 11.2 Å². The number of aryl methyl sites for hydroxylation is 1. The number of hydrogen-bond donors (Lipinski definition) is 3. The monoisotopic (exact) mass is 296 g/mol. The lowest BCUT2D eigenvalue weighted by atomic mass is 10.2. The van der Waals surface area contributed by atoms with Gasteiger partial charge in [0.1, 0.15) is 11.4 Å². The van der Waals surface area contributed by atoms with Crippen LogP contribution >= 0.6 is 0 Å². The molecule has 1 rings (SSSR count). The van der Waals surface area contributed by atoms with Crippen molar-refractivity contribution in [3.8, 4) is 0 Å². The summed E-state index contributed by atoms with van der Waals surface area (Å²) in [5.41, 5.74) is 5.79. The molecule has 0 spiro atoms. The van der Waals surface area contributed by atoms with E-state index in [1.54, 1.807) is 6.92 Å². The topological polar surface area (TPSA) is 121 Å². The minimum absolute atomic E-state index is 0.0167. The Labute approximate surface area is 122 Å². The first-order chi connectivity index (χ1) is 9.99. The third kappa shape index (κ3) is 4.92. The largest absolute Gasteiger partial charge is 0.409 e. The van der Waals surface area contributed by atoms with Crippen molar-refractivity contribution < 1.29 is 14.7 Å². The second-order valence-electron chi connectivity index (χ2n) is 4.52. The van der Waals surface area contributed by atoms with E-state index in [1.165, 1.54) is 24.3 Å². The van der Waals surface area contributed by atoms with Crippen LogP contribution in [-0.2, 0) is 4.74 Å². The predicted molar refractivity (Wildman–Crippen MR) is 77.6 cm³/mol. The van der Waals surface area contributed by atoms with E-state index in [-0.39, 0.29) is 29.8 Å². The van der Waals surface area contributed by atoms with Crippen LogP contribution in [0.4, 0.5) is 0 Å². The smallest absolute Gasteiger partial charge is 0.259 e. The highest BCUT2D eigenvalue weighted by atomic mass is 16.5. The van der Waals surface area contributed by atoms with Gasteiger partial charge in [0.15, 0.2) is 5.43 Å². The normalized spacial score (nSPS) is 11.4. The zero-order valence-electron chi connectivity index (χ0n) is 12.1. The fourth-order valence-electron chi connectivity index (χ4n) is 1.73. The van der Waals surface area contributed by atoms with E-state index in [9.17, 15) is 9.59 Å². The molecule has 0 aliphatic rings. The summed E-state index contributed by atoms with van der Waals surface area (Å²) in [4.78, 5) is 28.5. The molecular formula is C13H20N4O4. The number of amides is 1. The van der Waals surface area contributed by atoms with E-state index in [1.807, 2.05) is 0 Å². The van der Waals surface area contributed by atoms with Gasteiger partial charge in [0.05, 0.1) is 6.61 Å². The Hall–Kier alpha value is -2.35. The molecule has 0 aliphatic heterocycles. The van der Waals surface area contributed by atoms with E-state index in [2.05, 4.69) is 10.1 Å². The summed E-state index contributed by atoms with van der Waals surface area (Å²) in [6.45, 7) is 2.59. The van der Waals surface area contributed by atoms with Gasteiger partial charge < -0.3 is 25.6 Å². The van der Waals surface area contributed by atoms with E-state index >= 15 is 0 Å². The number of ether oxygens (including phenoxy) is 1. The molecule has 1 amide bonds. The molecule has 0 saturated heterocycles. The first-order valence-electron chi connectivity index (χ1n) is 6.43. The molecule has 0 bridgehead atoms. The van der Waals surface area contributed by atoms with Crippen molar-refractivity contribution in [2.45, 2.75) is 13.3 Å². The second kappa shape index (κ2) is 8.05. The van der Waals surface area contributed by atoms with Gasteiger partial charge in [0, 0.05) is 44.6 Å². The van der Waals surface area contributed by atoms with Crippen LogP contribution in [0.2, 0.25) is 0 Å². The van der Waals surface area contributed by atoms with Gasteiger partial charge in [-0.1, -0.05) is 5.16 Å². The molecule has 0 unspecified atom stereocenters. The average Bonchev–Trinajstić information content (AvgIpc) is 2.46. The molecule has 0 saturated carbocycles. The summed E-state index contributed by atoms with van der Waals surface area (Å²) in [7, 11) is 1.52. The molecule has 0 radical (unpaired) electrons. The highest BCUT2D eigenvalue weighted by molar-refractivity contribution is 5.94. The maximum absolute atomic E-state index is 12.4. The molecule has 0 fully saturated rings. The number of hydrogen-bond acceptors (Lipinski definition) is 5. The van der Waals surface area contributed by atoms with E-state index < -0.39 is 5.91 Å². The van der Waals surface area contributed by atoms with Gasteiger partial charge in [-0.2, -0.15) is 0 Å². The van der Waals surface area contributed by atoms with Gasteiger partial charge in [0.25, 0.3) is 5.91 Å². The maximum Gasteiger partial charge on any atom is 0.259 e. The van der Waals surface area contributed by atoms with Crippen molar-refractivity contribution in [3.05, 3.63) is 33.7 Å². The SMILES string of the molecule is COCCN(CCC(N)=NO)C(=O)c1c[nH]c(C)cc1=O. The Morgan fingerprint density at radius 3 is 2.81 bits per heavy atom. The minimum atomic E-state index is -0.418. The lowest BCUT2D eigenvalue weighted by Crippen LogP contribution is -2.38. The quantitative estimate of drug-likeness (QED) is 0.281. The van der Waals surface area contributed by atoms with Crippen LogP contribution in [0.1, 0.15) is 22.5 Å². The van der Waals surface area contributed by atoms with Crippen LogP contribution in [-0.4, -0.2) is 53.6 Å². The van der Waals surface area contributed by atoms with Crippen LogP contribution in [0.5, 0.6) is 0 Å². The highest BCUT2D eigenvalue weighted by Crippen LogP contribution is 2.02. The molecule has 0 aliphatic carbocycles. The van der Waals surface area contributed by atoms with Crippen LogP contribution in [0.25, 0.3) is 0 Å². The lowest BCUT2D eigenvalue weighted by molar-refractivity contribution is 0.0699. The van der Waals surface area contributed by atoms with E-state index in [4.69, 9.17) is 15.7 Å². The first-order valence-corrected chi connectivity index (χ1v) is 6.43. The third-order valence-electron chi connectivity index (χ3n) is 2.91. The molecule has 1 aromatic heterocycles. The zero-order valence-corrected chi connectivity index (χ0v) is 12.1. The number of carbonyl (C=O) groups excluding carboxylic acids is 1. The summed E-state index contributed by atoms with van der Waals surface area (Å²) < 4.78 is 4.95. The predicted octanol–water partition coefficient (Wildman–Crippen LogP) is -0.0916. The standard InChI is InChI=1S/C13H20N4O4/c1-9-7-11(18)10(8-15-9)13(19)17(5-6-21-2)4-3-12(14)16-20/h7-8,20H,3-6H2,1-2H3,(H2,14,16)(H,15,18). The van der Waals surface area contributed by atoms with Gasteiger partial charge >= 0.3 is 0 Å². The third-order valence-corrected chi connectivity index (χ3v) is 2.91. The zero-order chi connectivity index (χ0) is 15.8. The molecule has 4 N–H and O–H groups in total. The number of carbonyl (C=O) groups is 1. The molecule has 116 valence electrons. The number of nitrogens with one attached hydrogen (secondary N) is 1. The lowest BCUT2D eigenvalue weighted by Gasteiger charge is -2.21. The summed E-state index contributed by atoms with van der Waals surface area (Å²) in [6.07, 6.45) is 1.60. The Balaban J connectivity index is 2.90. The minimum Gasteiger partial charge on any atom is -0.409 e. The number of pyridine rings is 1. The van der Waals surface area contributed by atoms with Crippen LogP contribution in [0.15, 0.2) is 22.2 Å².